The molecule has 3 N–H and O–H groups in total. The largest absolute Gasteiger partial charge is 0.480 e. The van der Waals surface area contributed by atoms with Crippen LogP contribution in [0.3, 0.4) is 0 Å². The molecule has 1 fully saturated rings. The second-order valence-electron chi connectivity index (χ2n) is 5.65. The predicted molar refractivity (Wildman–Crippen MR) is 78.6 cm³/mol. The van der Waals surface area contributed by atoms with E-state index in [1.807, 2.05) is 36.4 Å². The number of halogens is 2. The Balaban J connectivity index is 2.03. The highest BCUT2D eigenvalue weighted by molar-refractivity contribution is 9.09. The molecule has 2 aliphatic carbocycles. The van der Waals surface area contributed by atoms with Crippen molar-refractivity contribution in [1.29, 1.82) is 0 Å². The molecule has 0 amide bonds. The Labute approximate surface area is 124 Å². The van der Waals surface area contributed by atoms with Gasteiger partial charge in [0.1, 0.15) is 11.7 Å². The third-order valence-electron chi connectivity index (χ3n) is 4.57. The molecule has 0 bridgehead atoms. The molecule has 3 rings (SSSR count). The Morgan fingerprint density at radius 2 is 2.10 bits per heavy atom. The Kier molecular flexibility index (Phi) is 3.03. The highest BCUT2D eigenvalue weighted by atomic mass is 79.9. The first-order valence-corrected chi connectivity index (χ1v) is 7.41. The van der Waals surface area contributed by atoms with E-state index in [-0.39, 0.29) is 17.7 Å². The number of benzene rings is 1. The monoisotopic (exact) mass is 339 g/mol. The van der Waals surface area contributed by atoms with Gasteiger partial charge < -0.3 is 10.8 Å². The van der Waals surface area contributed by atoms with Gasteiger partial charge in [-0.2, -0.15) is 0 Å². The molecule has 0 aliphatic heterocycles. The highest BCUT2D eigenvalue weighted by Crippen LogP contribution is 2.52. The van der Waals surface area contributed by atoms with E-state index in [0.29, 0.717) is 0 Å². The van der Waals surface area contributed by atoms with Gasteiger partial charge in [-0.05, 0) is 24.0 Å². The Bertz CT molecular complexity index is 605. The standard InChI is InChI=1S/C15H15BrFNO2/c16-11-7-15(18,13(19)20)12(17)8-14(11)6-5-9-3-1-2-4-10(9)14/h1-6,11-12H,7-8,18H2,(H,19,20). The number of aliphatic carboxylic acids is 1. The van der Waals surface area contributed by atoms with Gasteiger partial charge in [0.15, 0.2) is 0 Å². The molecule has 4 atom stereocenters. The van der Waals surface area contributed by atoms with Crippen molar-refractivity contribution in [3.8, 4) is 0 Å². The maximum Gasteiger partial charge on any atom is 0.326 e. The summed E-state index contributed by atoms with van der Waals surface area (Å²) in [6.07, 6.45) is 2.51. The molecular weight excluding hydrogens is 325 g/mol. The number of fused-ring (bicyclic) bond motifs is 2. The van der Waals surface area contributed by atoms with Crippen LogP contribution in [0.1, 0.15) is 24.0 Å². The number of rotatable bonds is 1. The SMILES string of the molecule is NC1(C(=O)O)CC(Br)C2(C=Cc3ccccc32)CC1F. The fraction of sp³-hybridized carbons (Fsp3) is 0.400. The van der Waals surface area contributed by atoms with Crippen molar-refractivity contribution in [2.75, 3.05) is 0 Å². The Morgan fingerprint density at radius 3 is 2.80 bits per heavy atom. The van der Waals surface area contributed by atoms with E-state index in [0.717, 1.165) is 11.1 Å². The van der Waals surface area contributed by atoms with Gasteiger partial charge in [-0.15, -0.1) is 0 Å². The maximum atomic E-state index is 14.5. The summed E-state index contributed by atoms with van der Waals surface area (Å²) in [5, 5.41) is 9.21. The first-order chi connectivity index (χ1) is 9.40. The van der Waals surface area contributed by atoms with Gasteiger partial charge in [-0.3, -0.25) is 4.79 Å². The fourth-order valence-electron chi connectivity index (χ4n) is 3.28. The van der Waals surface area contributed by atoms with Gasteiger partial charge in [0.2, 0.25) is 0 Å². The topological polar surface area (TPSA) is 63.3 Å². The second-order valence-corrected chi connectivity index (χ2v) is 6.76. The first-order valence-electron chi connectivity index (χ1n) is 6.49. The summed E-state index contributed by atoms with van der Waals surface area (Å²) in [7, 11) is 0. The average molecular weight is 340 g/mol. The molecule has 1 aromatic rings. The molecule has 1 spiro atoms. The molecule has 4 unspecified atom stereocenters. The van der Waals surface area contributed by atoms with E-state index in [1.54, 1.807) is 0 Å². The van der Waals surface area contributed by atoms with E-state index in [2.05, 4.69) is 15.9 Å². The minimum absolute atomic E-state index is 0.0577. The van der Waals surface area contributed by atoms with Crippen molar-refractivity contribution in [2.24, 2.45) is 5.73 Å². The van der Waals surface area contributed by atoms with Gasteiger partial charge in [0.25, 0.3) is 0 Å². The van der Waals surface area contributed by atoms with Crippen molar-refractivity contribution < 1.29 is 14.3 Å². The zero-order valence-electron chi connectivity index (χ0n) is 10.7. The van der Waals surface area contributed by atoms with Gasteiger partial charge in [-0.1, -0.05) is 52.3 Å². The zero-order chi connectivity index (χ0) is 14.5. The van der Waals surface area contributed by atoms with Gasteiger partial charge in [0.05, 0.1) is 0 Å². The van der Waals surface area contributed by atoms with Crippen LogP contribution in [0, 0.1) is 0 Å². The number of alkyl halides is 2. The number of hydrogen-bond acceptors (Lipinski definition) is 2. The molecule has 3 nitrogen and oxygen atoms in total. The van der Waals surface area contributed by atoms with Crippen LogP contribution in [0.25, 0.3) is 6.08 Å². The van der Waals surface area contributed by atoms with Crippen LogP contribution in [0.2, 0.25) is 0 Å². The third-order valence-corrected chi connectivity index (χ3v) is 5.71. The molecule has 0 aromatic heterocycles. The molecule has 106 valence electrons. The Hall–Kier alpha value is -1.20. The van der Waals surface area contributed by atoms with Crippen LogP contribution in [0.4, 0.5) is 4.39 Å². The lowest BCUT2D eigenvalue weighted by atomic mass is 9.64. The number of allylic oxidation sites excluding steroid dienone is 1. The lowest BCUT2D eigenvalue weighted by Crippen LogP contribution is -2.63. The minimum atomic E-state index is -1.81. The van der Waals surface area contributed by atoms with Crippen LogP contribution in [0.15, 0.2) is 30.3 Å². The molecule has 20 heavy (non-hydrogen) atoms. The lowest BCUT2D eigenvalue weighted by Gasteiger charge is -2.46. The summed E-state index contributed by atoms with van der Waals surface area (Å²) in [5.41, 5.74) is 5.56. The van der Waals surface area contributed by atoms with Gasteiger partial charge in [0, 0.05) is 10.2 Å². The zero-order valence-corrected chi connectivity index (χ0v) is 12.3. The third kappa shape index (κ3) is 1.69. The van der Waals surface area contributed by atoms with E-state index in [1.165, 1.54) is 0 Å². The molecule has 0 saturated heterocycles. The summed E-state index contributed by atoms with van der Waals surface area (Å²) in [4.78, 5) is 11.1. The molecule has 0 radical (unpaired) electrons. The number of carbonyl (C=O) groups is 1. The van der Waals surface area contributed by atoms with E-state index < -0.39 is 23.1 Å². The van der Waals surface area contributed by atoms with Crippen molar-refractivity contribution in [3.63, 3.8) is 0 Å². The number of carboxylic acid groups (broad SMARTS) is 1. The van der Waals surface area contributed by atoms with Crippen LogP contribution in [-0.4, -0.2) is 27.6 Å². The predicted octanol–water partition coefficient (Wildman–Crippen LogP) is 2.63. The van der Waals surface area contributed by atoms with E-state index >= 15 is 0 Å². The first kappa shape index (κ1) is 13.8. The van der Waals surface area contributed by atoms with Crippen LogP contribution < -0.4 is 5.73 Å². The highest BCUT2D eigenvalue weighted by Gasteiger charge is 2.57. The molecule has 1 aromatic carbocycles. The molecule has 2 aliphatic rings. The van der Waals surface area contributed by atoms with Crippen molar-refractivity contribution >= 4 is 28.0 Å². The minimum Gasteiger partial charge on any atom is -0.480 e. The summed E-state index contributed by atoms with van der Waals surface area (Å²) in [5.74, 6) is -1.28. The van der Waals surface area contributed by atoms with Crippen LogP contribution >= 0.6 is 15.9 Å². The van der Waals surface area contributed by atoms with Gasteiger partial charge in [-0.25, -0.2) is 4.39 Å². The number of hydrogen-bond donors (Lipinski definition) is 2. The number of carboxylic acids is 1. The lowest BCUT2D eigenvalue weighted by molar-refractivity contribution is -0.148. The second kappa shape index (κ2) is 4.40. The van der Waals surface area contributed by atoms with Crippen molar-refractivity contribution in [2.45, 2.75) is 34.8 Å². The summed E-state index contributed by atoms with van der Waals surface area (Å²) in [6, 6.07) is 7.81. The van der Waals surface area contributed by atoms with E-state index in [9.17, 15) is 14.3 Å². The maximum absolute atomic E-state index is 14.5. The summed E-state index contributed by atoms with van der Waals surface area (Å²) < 4.78 is 14.5. The smallest absolute Gasteiger partial charge is 0.326 e. The van der Waals surface area contributed by atoms with Crippen LogP contribution in [-0.2, 0) is 10.2 Å². The van der Waals surface area contributed by atoms with Crippen LogP contribution in [0.5, 0.6) is 0 Å². The van der Waals surface area contributed by atoms with Crippen molar-refractivity contribution in [1.82, 2.24) is 0 Å². The summed E-state index contributed by atoms with van der Waals surface area (Å²) >= 11 is 3.55. The molecule has 5 heteroatoms. The Morgan fingerprint density at radius 1 is 1.40 bits per heavy atom. The average Bonchev–Trinajstić information content (AvgIpc) is 2.77. The fourth-order valence-corrected chi connectivity index (χ4v) is 4.40. The molecular formula is C15H15BrFNO2. The summed E-state index contributed by atoms with van der Waals surface area (Å²) in [6.45, 7) is 0. The quantitative estimate of drug-likeness (QED) is 0.773. The molecule has 0 heterocycles. The number of nitrogens with two attached hydrogens (primary N) is 1. The van der Waals surface area contributed by atoms with Crippen molar-refractivity contribution in [3.05, 3.63) is 41.5 Å². The van der Waals surface area contributed by atoms with Gasteiger partial charge >= 0.3 is 5.97 Å². The molecule has 1 saturated carbocycles. The normalized spacial score (nSPS) is 39.0. The van der Waals surface area contributed by atoms with E-state index in [4.69, 9.17) is 5.73 Å².